The number of amides is 1. The number of nitrogens with zero attached hydrogens (tertiary/aromatic N) is 3. The minimum Gasteiger partial charge on any atom is -0.465 e. The third kappa shape index (κ3) is 4.08. The number of hydrogen-bond acceptors (Lipinski definition) is 7. The van der Waals surface area contributed by atoms with Crippen LogP contribution in [-0.4, -0.2) is 55.0 Å². The Balaban J connectivity index is 1.81. The lowest BCUT2D eigenvalue weighted by molar-refractivity contribution is -0.384. The Morgan fingerprint density at radius 2 is 2.00 bits per heavy atom. The van der Waals surface area contributed by atoms with Crippen LogP contribution in [0.15, 0.2) is 35.0 Å². The van der Waals surface area contributed by atoms with Crippen LogP contribution in [0.3, 0.4) is 0 Å². The summed E-state index contributed by atoms with van der Waals surface area (Å²) in [5.74, 6) is -0.626. The Labute approximate surface area is 160 Å². The lowest BCUT2D eigenvalue weighted by Gasteiger charge is -2.25. The van der Waals surface area contributed by atoms with E-state index in [9.17, 15) is 19.7 Å². The number of nitro groups is 1. The molecule has 0 bridgehead atoms. The van der Waals surface area contributed by atoms with Crippen molar-refractivity contribution in [3.05, 3.63) is 56.3 Å². The molecule has 0 saturated carbocycles. The molecule has 1 fully saturated rings. The highest BCUT2D eigenvalue weighted by molar-refractivity contribution is 7.08. The summed E-state index contributed by atoms with van der Waals surface area (Å²) in [5.41, 5.74) is 1.25. The zero-order valence-corrected chi connectivity index (χ0v) is 15.6. The van der Waals surface area contributed by atoms with Crippen molar-refractivity contribution in [3.63, 3.8) is 0 Å². The van der Waals surface area contributed by atoms with Crippen molar-refractivity contribution in [1.29, 1.82) is 0 Å². The molecule has 0 N–H and O–H groups in total. The molecule has 0 atom stereocenters. The largest absolute Gasteiger partial charge is 0.465 e. The van der Waals surface area contributed by atoms with Gasteiger partial charge in [-0.2, -0.15) is 11.3 Å². The number of rotatable bonds is 4. The predicted octanol–water partition coefficient (Wildman–Crippen LogP) is 2.80. The van der Waals surface area contributed by atoms with Gasteiger partial charge >= 0.3 is 5.97 Å². The molecule has 1 amide bonds. The number of nitro benzene ring substituents is 1. The fraction of sp³-hybridized carbons (Fsp3) is 0.333. The van der Waals surface area contributed by atoms with Gasteiger partial charge in [-0.1, -0.05) is 0 Å². The average molecular weight is 389 g/mol. The predicted molar refractivity (Wildman–Crippen MR) is 101 cm³/mol. The summed E-state index contributed by atoms with van der Waals surface area (Å²) >= 11 is 1.48. The number of esters is 1. The second-order valence-corrected chi connectivity index (χ2v) is 6.88. The summed E-state index contributed by atoms with van der Waals surface area (Å²) in [6, 6.07) is 5.99. The number of thiophene rings is 1. The third-order valence-corrected chi connectivity index (χ3v) is 5.17. The van der Waals surface area contributed by atoms with Gasteiger partial charge < -0.3 is 14.5 Å². The van der Waals surface area contributed by atoms with Crippen LogP contribution in [-0.2, 0) is 4.74 Å². The smallest absolute Gasteiger partial charge is 0.340 e. The van der Waals surface area contributed by atoms with Crippen LogP contribution >= 0.6 is 11.3 Å². The molecule has 142 valence electrons. The molecular weight excluding hydrogens is 370 g/mol. The van der Waals surface area contributed by atoms with Gasteiger partial charge in [-0.05, 0) is 23.9 Å². The van der Waals surface area contributed by atoms with E-state index in [2.05, 4.69) is 0 Å². The fourth-order valence-electron chi connectivity index (χ4n) is 3.12. The molecule has 0 spiro atoms. The second-order valence-electron chi connectivity index (χ2n) is 6.09. The number of ether oxygens (including phenoxy) is 1. The molecule has 9 heteroatoms. The molecule has 1 aromatic heterocycles. The molecule has 8 nitrogen and oxygen atoms in total. The van der Waals surface area contributed by atoms with Crippen molar-refractivity contribution in [2.45, 2.75) is 6.42 Å². The van der Waals surface area contributed by atoms with Crippen LogP contribution in [0.25, 0.3) is 0 Å². The number of non-ortho nitro benzene ring substituents is 1. The summed E-state index contributed by atoms with van der Waals surface area (Å²) in [6.45, 7) is 2.28. The summed E-state index contributed by atoms with van der Waals surface area (Å²) < 4.78 is 4.79. The zero-order valence-electron chi connectivity index (χ0n) is 14.8. The highest BCUT2D eigenvalue weighted by Crippen LogP contribution is 2.27. The molecule has 27 heavy (non-hydrogen) atoms. The van der Waals surface area contributed by atoms with E-state index in [1.54, 1.807) is 17.0 Å². The highest BCUT2D eigenvalue weighted by atomic mass is 32.1. The second kappa shape index (κ2) is 8.17. The van der Waals surface area contributed by atoms with E-state index in [0.29, 0.717) is 37.4 Å². The Kier molecular flexibility index (Phi) is 5.70. The first-order valence-corrected chi connectivity index (χ1v) is 9.38. The number of anilines is 1. The number of hydrogen-bond donors (Lipinski definition) is 0. The third-order valence-electron chi connectivity index (χ3n) is 4.49. The van der Waals surface area contributed by atoms with E-state index in [1.807, 2.05) is 15.7 Å². The Hall–Kier alpha value is -2.94. The van der Waals surface area contributed by atoms with Crippen LogP contribution in [0.2, 0.25) is 0 Å². The van der Waals surface area contributed by atoms with Gasteiger partial charge in [-0.25, -0.2) is 4.79 Å². The van der Waals surface area contributed by atoms with Gasteiger partial charge in [0.25, 0.3) is 11.6 Å². The number of benzene rings is 1. The van der Waals surface area contributed by atoms with Crippen LogP contribution in [0.4, 0.5) is 11.4 Å². The molecule has 0 radical (unpaired) electrons. The molecule has 3 rings (SSSR count). The zero-order chi connectivity index (χ0) is 19.4. The van der Waals surface area contributed by atoms with Gasteiger partial charge in [0.05, 0.1) is 28.8 Å². The first kappa shape index (κ1) is 18.8. The van der Waals surface area contributed by atoms with Crippen LogP contribution in [0, 0.1) is 10.1 Å². The van der Waals surface area contributed by atoms with Crippen molar-refractivity contribution in [1.82, 2.24) is 4.90 Å². The number of methoxy groups -OCH3 is 1. The first-order valence-electron chi connectivity index (χ1n) is 8.44. The van der Waals surface area contributed by atoms with Gasteiger partial charge in [0.1, 0.15) is 0 Å². The van der Waals surface area contributed by atoms with Crippen LogP contribution < -0.4 is 4.90 Å². The maximum absolute atomic E-state index is 12.6. The van der Waals surface area contributed by atoms with Gasteiger partial charge in [-0.15, -0.1) is 0 Å². The summed E-state index contributed by atoms with van der Waals surface area (Å²) in [5, 5.41) is 14.7. The topological polar surface area (TPSA) is 93.0 Å². The van der Waals surface area contributed by atoms with Gasteiger partial charge in [0.15, 0.2) is 0 Å². The Morgan fingerprint density at radius 1 is 1.19 bits per heavy atom. The van der Waals surface area contributed by atoms with E-state index in [-0.39, 0.29) is 17.2 Å². The molecule has 2 aromatic rings. The molecule has 2 heterocycles. The highest BCUT2D eigenvalue weighted by Gasteiger charge is 2.25. The van der Waals surface area contributed by atoms with E-state index < -0.39 is 10.9 Å². The van der Waals surface area contributed by atoms with Crippen molar-refractivity contribution in [2.75, 3.05) is 38.2 Å². The maximum Gasteiger partial charge on any atom is 0.340 e. The van der Waals surface area contributed by atoms with Gasteiger partial charge in [0, 0.05) is 43.7 Å². The molecule has 1 aliphatic heterocycles. The van der Waals surface area contributed by atoms with Crippen molar-refractivity contribution >= 4 is 34.6 Å². The van der Waals surface area contributed by atoms with Crippen molar-refractivity contribution in [3.8, 4) is 0 Å². The van der Waals surface area contributed by atoms with Crippen molar-refractivity contribution < 1.29 is 19.2 Å². The van der Waals surface area contributed by atoms with E-state index in [4.69, 9.17) is 4.74 Å². The number of carbonyl (C=O) groups is 2. The van der Waals surface area contributed by atoms with Crippen LogP contribution in [0.5, 0.6) is 0 Å². The van der Waals surface area contributed by atoms with Crippen molar-refractivity contribution in [2.24, 2.45) is 0 Å². The summed E-state index contributed by atoms with van der Waals surface area (Å²) in [7, 11) is 1.24. The Morgan fingerprint density at radius 3 is 2.67 bits per heavy atom. The minimum absolute atomic E-state index is 0.00464. The lowest BCUT2D eigenvalue weighted by Crippen LogP contribution is -2.35. The molecule has 0 aliphatic carbocycles. The number of carbonyl (C=O) groups excluding carboxylic acids is 2. The SMILES string of the molecule is COC(=O)c1cc([N+](=O)[O-])ccc1N1CCCN(C(=O)c2ccsc2)CC1. The molecular formula is C18H19N3O5S. The van der Waals surface area contributed by atoms with E-state index >= 15 is 0 Å². The van der Waals surface area contributed by atoms with Gasteiger partial charge in [0.2, 0.25) is 0 Å². The monoisotopic (exact) mass is 389 g/mol. The standard InChI is InChI=1S/C18H19N3O5S/c1-26-18(23)15-11-14(21(24)25)3-4-16(15)19-6-2-7-20(9-8-19)17(22)13-5-10-27-12-13/h3-5,10-12H,2,6-9H2,1H3. The molecule has 1 saturated heterocycles. The molecule has 0 unspecified atom stereocenters. The average Bonchev–Trinajstić information content (AvgIpc) is 3.11. The van der Waals surface area contributed by atoms with Crippen LogP contribution in [0.1, 0.15) is 27.1 Å². The lowest BCUT2D eigenvalue weighted by atomic mass is 10.1. The van der Waals surface area contributed by atoms with E-state index in [1.165, 1.54) is 30.6 Å². The molecule has 1 aliphatic rings. The quantitative estimate of drug-likeness (QED) is 0.453. The Bertz CT molecular complexity index is 853. The van der Waals surface area contributed by atoms with Gasteiger partial charge in [-0.3, -0.25) is 14.9 Å². The molecule has 1 aromatic carbocycles. The summed E-state index contributed by atoms with van der Waals surface area (Å²) in [6.07, 6.45) is 0.730. The minimum atomic E-state index is -0.621. The fourth-order valence-corrected chi connectivity index (χ4v) is 3.75. The summed E-state index contributed by atoms with van der Waals surface area (Å²) in [4.78, 5) is 39.0. The van der Waals surface area contributed by atoms with E-state index in [0.717, 1.165) is 6.42 Å². The maximum atomic E-state index is 12.6. The first-order chi connectivity index (χ1) is 13.0. The normalized spacial score (nSPS) is 14.6.